The molecule has 0 atom stereocenters. The minimum Gasteiger partial charge on any atom is -0.494 e. The first-order valence-electron chi connectivity index (χ1n) is 9.82. The highest BCUT2D eigenvalue weighted by Crippen LogP contribution is 2.27. The third-order valence-electron chi connectivity index (χ3n) is 4.82. The second-order valence-electron chi connectivity index (χ2n) is 6.84. The van der Waals surface area contributed by atoms with Gasteiger partial charge in [-0.15, -0.1) is 0 Å². The minimum atomic E-state index is 0.585. The predicted octanol–water partition coefficient (Wildman–Crippen LogP) is 6.08. The Hall–Kier alpha value is -3.20. The summed E-state index contributed by atoms with van der Waals surface area (Å²) < 4.78 is 14.2. The molecule has 0 N–H and O–H groups in total. The van der Waals surface area contributed by atoms with Gasteiger partial charge in [-0.2, -0.15) is 0 Å². The zero-order valence-electron chi connectivity index (χ0n) is 16.0. The lowest BCUT2D eigenvalue weighted by Crippen LogP contribution is -2.01. The van der Waals surface area contributed by atoms with E-state index in [4.69, 9.17) is 9.47 Å². The van der Waals surface area contributed by atoms with Crippen molar-refractivity contribution in [1.29, 1.82) is 0 Å². The lowest BCUT2D eigenvalue weighted by molar-refractivity contribution is 0.303. The van der Waals surface area contributed by atoms with Gasteiger partial charge in [0.2, 0.25) is 0 Å². The van der Waals surface area contributed by atoms with Crippen molar-refractivity contribution in [2.45, 2.75) is 26.0 Å². The van der Waals surface area contributed by atoms with Crippen molar-refractivity contribution < 1.29 is 9.47 Å². The van der Waals surface area contributed by atoms with Crippen LogP contribution in [0.3, 0.4) is 0 Å². The Balaban J connectivity index is 1.32. The third-order valence-corrected chi connectivity index (χ3v) is 4.82. The number of fused-ring (bicyclic) bond motifs is 1. The van der Waals surface area contributed by atoms with Gasteiger partial charge in [0.25, 0.3) is 0 Å². The largest absolute Gasteiger partial charge is 0.494 e. The lowest BCUT2D eigenvalue weighted by Gasteiger charge is -2.10. The van der Waals surface area contributed by atoms with Crippen LogP contribution in [0.15, 0.2) is 91.1 Å². The molecule has 4 aromatic rings. The van der Waals surface area contributed by atoms with E-state index in [-0.39, 0.29) is 0 Å². The predicted molar refractivity (Wildman–Crippen MR) is 114 cm³/mol. The van der Waals surface area contributed by atoms with E-state index in [9.17, 15) is 0 Å². The normalized spacial score (nSPS) is 10.9. The average Bonchev–Trinajstić information content (AvgIpc) is 3.17. The Bertz CT molecular complexity index is 993. The van der Waals surface area contributed by atoms with Crippen molar-refractivity contribution in [2.75, 3.05) is 6.61 Å². The van der Waals surface area contributed by atoms with Crippen LogP contribution < -0.4 is 9.47 Å². The van der Waals surface area contributed by atoms with Crippen molar-refractivity contribution >= 4 is 10.9 Å². The molecule has 0 unspecified atom stereocenters. The number of aromatic nitrogens is 1. The fourth-order valence-corrected chi connectivity index (χ4v) is 3.34. The van der Waals surface area contributed by atoms with Gasteiger partial charge in [0.1, 0.15) is 18.1 Å². The number of aryl methyl sites for hydroxylation is 1. The van der Waals surface area contributed by atoms with Crippen LogP contribution in [-0.4, -0.2) is 11.2 Å². The van der Waals surface area contributed by atoms with Gasteiger partial charge >= 0.3 is 0 Å². The van der Waals surface area contributed by atoms with Gasteiger partial charge in [-0.3, -0.25) is 0 Å². The molecule has 142 valence electrons. The van der Waals surface area contributed by atoms with E-state index < -0.39 is 0 Å². The Morgan fingerprint density at radius 1 is 0.679 bits per heavy atom. The highest BCUT2D eigenvalue weighted by molar-refractivity contribution is 5.86. The summed E-state index contributed by atoms with van der Waals surface area (Å²) in [5.41, 5.74) is 2.40. The van der Waals surface area contributed by atoms with Crippen molar-refractivity contribution in [3.05, 3.63) is 96.7 Å². The molecule has 0 radical (unpaired) electrons. The summed E-state index contributed by atoms with van der Waals surface area (Å²) in [6, 6.07) is 28.7. The SMILES string of the molecule is c1ccc(COc2cccc3c2ccn3CCCCOc2ccccc2)cc1. The minimum absolute atomic E-state index is 0.585. The highest BCUT2D eigenvalue weighted by atomic mass is 16.5. The molecule has 28 heavy (non-hydrogen) atoms. The molecule has 3 heteroatoms. The van der Waals surface area contributed by atoms with Crippen LogP contribution in [0.1, 0.15) is 18.4 Å². The first-order chi connectivity index (χ1) is 13.9. The van der Waals surface area contributed by atoms with Gasteiger partial charge in [0.15, 0.2) is 0 Å². The monoisotopic (exact) mass is 371 g/mol. The van der Waals surface area contributed by atoms with E-state index in [2.05, 4.69) is 41.1 Å². The number of rotatable bonds is 9. The van der Waals surface area contributed by atoms with Crippen molar-refractivity contribution in [2.24, 2.45) is 0 Å². The number of hydrogen-bond donors (Lipinski definition) is 0. The molecule has 0 aliphatic carbocycles. The van der Waals surface area contributed by atoms with Crippen LogP contribution in [0.5, 0.6) is 11.5 Å². The van der Waals surface area contributed by atoms with Crippen LogP contribution in [0.2, 0.25) is 0 Å². The van der Waals surface area contributed by atoms with E-state index in [1.165, 1.54) is 16.5 Å². The molecule has 1 aromatic heterocycles. The van der Waals surface area contributed by atoms with Crippen LogP contribution in [0.25, 0.3) is 10.9 Å². The maximum Gasteiger partial charge on any atom is 0.129 e. The fourth-order valence-electron chi connectivity index (χ4n) is 3.34. The zero-order chi connectivity index (χ0) is 19.0. The number of nitrogens with zero attached hydrogens (tertiary/aromatic N) is 1. The summed E-state index contributed by atoms with van der Waals surface area (Å²) in [4.78, 5) is 0. The summed E-state index contributed by atoms with van der Waals surface area (Å²) >= 11 is 0. The van der Waals surface area contributed by atoms with Gasteiger partial charge < -0.3 is 14.0 Å². The van der Waals surface area contributed by atoms with E-state index >= 15 is 0 Å². The van der Waals surface area contributed by atoms with E-state index in [0.29, 0.717) is 6.61 Å². The van der Waals surface area contributed by atoms with Gasteiger partial charge in [0.05, 0.1) is 12.1 Å². The molecule has 1 heterocycles. The van der Waals surface area contributed by atoms with Crippen LogP contribution in [0.4, 0.5) is 0 Å². The standard InChI is InChI=1S/C25H25NO2/c1-3-10-21(11-4-1)20-28-25-15-9-14-24-23(25)16-18-26(24)17-7-8-19-27-22-12-5-2-6-13-22/h1-6,9-16,18H,7-8,17,19-20H2. The molecular weight excluding hydrogens is 346 g/mol. The third kappa shape index (κ3) is 4.55. The number of hydrogen-bond acceptors (Lipinski definition) is 2. The summed E-state index contributed by atoms with van der Waals surface area (Å²) in [5, 5.41) is 1.17. The van der Waals surface area contributed by atoms with Crippen molar-refractivity contribution in [3.8, 4) is 11.5 Å². The van der Waals surface area contributed by atoms with E-state index in [1.54, 1.807) is 0 Å². The molecule has 0 spiro atoms. The second-order valence-corrected chi connectivity index (χ2v) is 6.84. The second kappa shape index (κ2) is 9.14. The van der Waals surface area contributed by atoms with E-state index in [0.717, 1.165) is 37.5 Å². The summed E-state index contributed by atoms with van der Waals surface area (Å²) in [6.07, 6.45) is 4.25. The van der Waals surface area contributed by atoms with Crippen LogP contribution >= 0.6 is 0 Å². The first kappa shape index (κ1) is 18.2. The Labute approximate surface area is 166 Å². The Morgan fingerprint density at radius 2 is 1.46 bits per heavy atom. The van der Waals surface area contributed by atoms with Crippen molar-refractivity contribution in [3.63, 3.8) is 0 Å². The molecule has 0 amide bonds. The van der Waals surface area contributed by atoms with E-state index in [1.807, 2.05) is 54.6 Å². The van der Waals surface area contributed by atoms with Gasteiger partial charge in [0, 0.05) is 18.1 Å². The molecule has 0 aliphatic heterocycles. The smallest absolute Gasteiger partial charge is 0.129 e. The molecule has 4 rings (SSSR count). The Kier molecular flexibility index (Phi) is 5.93. The maximum atomic E-state index is 6.08. The highest BCUT2D eigenvalue weighted by Gasteiger charge is 2.07. The first-order valence-corrected chi connectivity index (χ1v) is 9.82. The quantitative estimate of drug-likeness (QED) is 0.333. The number of ether oxygens (including phenoxy) is 2. The molecule has 0 saturated carbocycles. The number of benzene rings is 3. The van der Waals surface area contributed by atoms with Gasteiger partial charge in [-0.05, 0) is 48.7 Å². The topological polar surface area (TPSA) is 23.4 Å². The lowest BCUT2D eigenvalue weighted by atomic mass is 10.2. The van der Waals surface area contributed by atoms with Crippen LogP contribution in [0, 0.1) is 0 Å². The van der Waals surface area contributed by atoms with Crippen molar-refractivity contribution in [1.82, 2.24) is 4.57 Å². The Morgan fingerprint density at radius 3 is 2.29 bits per heavy atom. The molecule has 3 nitrogen and oxygen atoms in total. The summed E-state index contributed by atoms with van der Waals surface area (Å²) in [7, 11) is 0. The van der Waals surface area contributed by atoms with Gasteiger partial charge in [-0.1, -0.05) is 54.6 Å². The number of unbranched alkanes of at least 4 members (excludes halogenated alkanes) is 1. The molecule has 0 fully saturated rings. The van der Waals surface area contributed by atoms with Gasteiger partial charge in [-0.25, -0.2) is 0 Å². The van der Waals surface area contributed by atoms with Crippen LogP contribution in [-0.2, 0) is 13.2 Å². The average molecular weight is 371 g/mol. The molecule has 0 aliphatic rings. The zero-order valence-corrected chi connectivity index (χ0v) is 16.0. The maximum absolute atomic E-state index is 6.08. The molecule has 0 saturated heterocycles. The number of para-hydroxylation sites is 1. The fraction of sp³-hybridized carbons (Fsp3) is 0.200. The molecule has 3 aromatic carbocycles. The summed E-state index contributed by atoms with van der Waals surface area (Å²) in [6.45, 7) is 2.31. The molecular formula is C25H25NO2. The molecule has 0 bridgehead atoms. The summed E-state index contributed by atoms with van der Waals surface area (Å²) in [5.74, 6) is 1.88.